The van der Waals surface area contributed by atoms with Gasteiger partial charge in [-0.05, 0) is 104 Å². The molecule has 0 unspecified atom stereocenters. The molecule has 7 rings (SSSR count). The van der Waals surface area contributed by atoms with Crippen molar-refractivity contribution in [2.24, 2.45) is 0 Å². The minimum atomic E-state index is 1.23. The molecule has 0 amide bonds. The van der Waals surface area contributed by atoms with Gasteiger partial charge in [-0.25, -0.2) is 0 Å². The molecule has 0 fully saturated rings. The Balaban J connectivity index is 0.000000371. The molecule has 0 atom stereocenters. The monoisotopic (exact) mass is 452 g/mol. The van der Waals surface area contributed by atoms with E-state index in [0.29, 0.717) is 0 Å². The second kappa shape index (κ2) is 11.7. The highest BCUT2D eigenvalue weighted by Crippen LogP contribution is 2.45. The molecule has 0 heteroatoms. The summed E-state index contributed by atoms with van der Waals surface area (Å²) < 4.78 is 0. The number of aryl methyl sites for hydroxylation is 4. The van der Waals surface area contributed by atoms with Crippen LogP contribution < -0.4 is 0 Å². The maximum atomic E-state index is 2.41. The first-order valence-electron chi connectivity index (χ1n) is 14.1. The lowest BCUT2D eigenvalue weighted by Gasteiger charge is -2.24. The lowest BCUT2D eigenvalue weighted by molar-refractivity contribution is 0.808. The van der Waals surface area contributed by atoms with Crippen LogP contribution in [0.3, 0.4) is 0 Å². The number of fused-ring (bicyclic) bond motifs is 2. The van der Waals surface area contributed by atoms with Crippen LogP contribution in [0.4, 0.5) is 0 Å². The highest BCUT2D eigenvalue weighted by atomic mass is 14.2. The van der Waals surface area contributed by atoms with E-state index in [4.69, 9.17) is 0 Å². The summed E-state index contributed by atoms with van der Waals surface area (Å²) >= 11 is 0. The Labute approximate surface area is 207 Å². The van der Waals surface area contributed by atoms with Gasteiger partial charge in [0.2, 0.25) is 0 Å². The van der Waals surface area contributed by atoms with Crippen molar-refractivity contribution in [2.75, 3.05) is 0 Å². The fraction of sp³-hybridized carbons (Fsp3) is 0.412. The molecule has 34 heavy (non-hydrogen) atoms. The minimum Gasteiger partial charge on any atom is -0.0683 e. The first kappa shape index (κ1) is 26.0. The molecule has 0 saturated heterocycles. The Hall–Kier alpha value is -2.60. The molecule has 0 aromatic heterocycles. The molecular weight excluding hydrogens is 408 g/mol. The first-order chi connectivity index (χ1) is 16.9. The molecule has 5 aromatic rings. The van der Waals surface area contributed by atoms with Gasteiger partial charge in [0, 0.05) is 0 Å². The van der Waals surface area contributed by atoms with E-state index >= 15 is 0 Å². The zero-order chi connectivity index (χ0) is 24.8. The highest BCUT2D eigenvalue weighted by Gasteiger charge is 2.21. The normalized spacial score (nSPS) is 13.2. The van der Waals surface area contributed by atoms with E-state index in [0.717, 1.165) is 0 Å². The number of hydrogen-bond donors (Lipinski definition) is 0. The first-order valence-corrected chi connectivity index (χ1v) is 14.1. The van der Waals surface area contributed by atoms with Crippen molar-refractivity contribution in [3.8, 4) is 0 Å². The van der Waals surface area contributed by atoms with E-state index in [1.807, 2.05) is 55.4 Å². The molecular formula is C34H44. The molecule has 0 saturated carbocycles. The summed E-state index contributed by atoms with van der Waals surface area (Å²) in [5.74, 6) is 0. The van der Waals surface area contributed by atoms with Gasteiger partial charge in [0.15, 0.2) is 0 Å². The highest BCUT2D eigenvalue weighted by molar-refractivity contribution is 6.34. The second-order valence-corrected chi connectivity index (χ2v) is 8.30. The minimum absolute atomic E-state index is 1.23. The maximum Gasteiger partial charge on any atom is -0.00208 e. The lowest BCUT2D eigenvalue weighted by Crippen LogP contribution is -2.04. The van der Waals surface area contributed by atoms with E-state index in [1.54, 1.807) is 33.0 Å². The molecule has 0 bridgehead atoms. The Morgan fingerprint density at radius 1 is 0.324 bits per heavy atom. The van der Waals surface area contributed by atoms with E-state index in [9.17, 15) is 0 Å². The third-order valence-electron chi connectivity index (χ3n) is 7.03. The zero-order valence-electron chi connectivity index (χ0n) is 22.9. The predicted octanol–water partition coefficient (Wildman–Crippen LogP) is 10.8. The fourth-order valence-corrected chi connectivity index (χ4v) is 5.96. The predicted molar refractivity (Wildman–Crippen MR) is 157 cm³/mol. The number of benzene rings is 5. The molecule has 5 aromatic carbocycles. The lowest BCUT2D eigenvalue weighted by atomic mass is 9.80. The van der Waals surface area contributed by atoms with E-state index in [1.165, 1.54) is 70.8 Å². The third kappa shape index (κ3) is 3.96. The second-order valence-electron chi connectivity index (χ2n) is 8.30. The van der Waals surface area contributed by atoms with Crippen LogP contribution in [-0.4, -0.2) is 0 Å². The Kier molecular flexibility index (Phi) is 8.95. The van der Waals surface area contributed by atoms with Gasteiger partial charge in [-0.1, -0.05) is 104 Å². The number of rotatable bonds is 0. The van der Waals surface area contributed by atoms with Crippen molar-refractivity contribution < 1.29 is 0 Å². The van der Waals surface area contributed by atoms with Crippen molar-refractivity contribution in [3.05, 3.63) is 70.8 Å². The molecule has 0 radical (unpaired) electrons. The Morgan fingerprint density at radius 3 is 0.794 bits per heavy atom. The SMILES string of the molecule is CC.CC.CC.CC.c1cc2c3ccc4c5c(ccc(c6ccc7c(c1CCC7)c26)c53)CCC4. The summed E-state index contributed by atoms with van der Waals surface area (Å²) in [7, 11) is 0. The summed E-state index contributed by atoms with van der Waals surface area (Å²) in [5.41, 5.74) is 6.23. The topological polar surface area (TPSA) is 0 Å². The average Bonchev–Trinajstić information content (AvgIpc) is 2.95. The number of hydrogen-bond acceptors (Lipinski definition) is 0. The van der Waals surface area contributed by atoms with Crippen LogP contribution in [-0.2, 0) is 25.7 Å². The van der Waals surface area contributed by atoms with Crippen LogP contribution in [0.2, 0.25) is 0 Å². The summed E-state index contributed by atoms with van der Waals surface area (Å²) in [6.07, 6.45) is 7.50. The van der Waals surface area contributed by atoms with Crippen LogP contribution in [0, 0.1) is 0 Å². The maximum absolute atomic E-state index is 2.41. The van der Waals surface area contributed by atoms with Crippen molar-refractivity contribution in [2.45, 2.75) is 93.9 Å². The van der Waals surface area contributed by atoms with Crippen molar-refractivity contribution >= 4 is 43.1 Å². The van der Waals surface area contributed by atoms with Crippen molar-refractivity contribution in [1.29, 1.82) is 0 Å². The quantitative estimate of drug-likeness (QED) is 0.162. The smallest absolute Gasteiger partial charge is 0.00208 e. The van der Waals surface area contributed by atoms with Gasteiger partial charge in [-0.3, -0.25) is 0 Å². The van der Waals surface area contributed by atoms with Crippen LogP contribution in [0.1, 0.15) is 90.5 Å². The molecule has 2 aliphatic rings. The molecule has 0 N–H and O–H groups in total. The van der Waals surface area contributed by atoms with Gasteiger partial charge >= 0.3 is 0 Å². The van der Waals surface area contributed by atoms with Gasteiger partial charge < -0.3 is 0 Å². The standard InChI is InChI=1S/C26H20.4C2H6/c1-3-15-7-11-19-21-13-9-17-5-2-6-18-10-14-22(26(21)24(17)18)20-12-8-16(4-1)23(15)25(19)20;4*1-2/h7-14H,1-6H2;4*1-2H3. The van der Waals surface area contributed by atoms with E-state index in [2.05, 4.69) is 48.5 Å². The molecule has 2 aliphatic carbocycles. The average molecular weight is 453 g/mol. The van der Waals surface area contributed by atoms with Crippen LogP contribution in [0.25, 0.3) is 43.1 Å². The molecule has 180 valence electrons. The summed E-state index contributed by atoms with van der Waals surface area (Å²) in [5, 5.41) is 12.0. The summed E-state index contributed by atoms with van der Waals surface area (Å²) in [6.45, 7) is 16.0. The van der Waals surface area contributed by atoms with Gasteiger partial charge in [0.25, 0.3) is 0 Å². The van der Waals surface area contributed by atoms with Crippen LogP contribution in [0.5, 0.6) is 0 Å². The Bertz CT molecular complexity index is 1170. The van der Waals surface area contributed by atoms with E-state index < -0.39 is 0 Å². The molecule has 0 aliphatic heterocycles. The van der Waals surface area contributed by atoms with Crippen LogP contribution >= 0.6 is 0 Å². The van der Waals surface area contributed by atoms with Crippen molar-refractivity contribution in [1.82, 2.24) is 0 Å². The molecule has 0 heterocycles. The van der Waals surface area contributed by atoms with Gasteiger partial charge in [-0.2, -0.15) is 0 Å². The van der Waals surface area contributed by atoms with Gasteiger partial charge in [-0.15, -0.1) is 0 Å². The van der Waals surface area contributed by atoms with E-state index in [-0.39, 0.29) is 0 Å². The van der Waals surface area contributed by atoms with Gasteiger partial charge in [0.1, 0.15) is 0 Å². The molecule has 0 spiro atoms. The fourth-order valence-electron chi connectivity index (χ4n) is 5.96. The third-order valence-corrected chi connectivity index (χ3v) is 7.03. The Morgan fingerprint density at radius 2 is 0.559 bits per heavy atom. The van der Waals surface area contributed by atoms with Crippen LogP contribution in [0.15, 0.2) is 48.5 Å². The summed E-state index contributed by atoms with van der Waals surface area (Å²) in [4.78, 5) is 0. The zero-order valence-corrected chi connectivity index (χ0v) is 22.9. The van der Waals surface area contributed by atoms with Gasteiger partial charge in [0.05, 0.1) is 0 Å². The van der Waals surface area contributed by atoms with Crippen molar-refractivity contribution in [3.63, 3.8) is 0 Å². The largest absolute Gasteiger partial charge is 0.0683 e. The molecule has 0 nitrogen and oxygen atoms in total. The summed E-state index contributed by atoms with van der Waals surface area (Å²) in [6, 6.07) is 19.3.